The van der Waals surface area contributed by atoms with Crippen molar-refractivity contribution < 1.29 is 26.4 Å². The topological polar surface area (TPSA) is 66.5 Å². The van der Waals surface area contributed by atoms with Crippen molar-refractivity contribution in [1.29, 1.82) is 0 Å². The zero-order chi connectivity index (χ0) is 23.5. The van der Waals surface area contributed by atoms with Crippen molar-refractivity contribution in [3.63, 3.8) is 0 Å². The van der Waals surface area contributed by atoms with Gasteiger partial charge in [0.05, 0.1) is 21.2 Å². The number of amides is 1. The molecule has 0 fully saturated rings. The number of nitrogens with one attached hydrogen (secondary N) is 1. The number of halogens is 4. The summed E-state index contributed by atoms with van der Waals surface area (Å²) in [4.78, 5) is 12.6. The summed E-state index contributed by atoms with van der Waals surface area (Å²) in [5, 5.41) is 1.81. The SMILES string of the molecule is Cc1cccc(N(CC(=O)Nc2ccc(Cl)c(C(F)(F)F)c2)S(=O)(=O)c2ccccc2)c1. The minimum Gasteiger partial charge on any atom is -0.324 e. The normalized spacial score (nSPS) is 11.8. The van der Waals surface area contributed by atoms with E-state index in [0.717, 1.165) is 15.9 Å². The van der Waals surface area contributed by atoms with Crippen LogP contribution in [0.3, 0.4) is 0 Å². The van der Waals surface area contributed by atoms with Crippen molar-refractivity contribution >= 4 is 38.9 Å². The highest BCUT2D eigenvalue weighted by molar-refractivity contribution is 7.92. The molecule has 1 N–H and O–H groups in total. The number of anilines is 2. The maximum absolute atomic E-state index is 13.2. The van der Waals surface area contributed by atoms with Crippen LogP contribution in [0.5, 0.6) is 0 Å². The fraction of sp³-hybridized carbons (Fsp3) is 0.136. The Labute approximate surface area is 188 Å². The van der Waals surface area contributed by atoms with Crippen LogP contribution in [0.25, 0.3) is 0 Å². The predicted molar refractivity (Wildman–Crippen MR) is 117 cm³/mol. The smallest absolute Gasteiger partial charge is 0.324 e. The van der Waals surface area contributed by atoms with E-state index in [2.05, 4.69) is 5.32 Å². The first-order valence-corrected chi connectivity index (χ1v) is 11.1. The summed E-state index contributed by atoms with van der Waals surface area (Å²) in [5.41, 5.74) is -0.253. The van der Waals surface area contributed by atoms with Gasteiger partial charge in [0.15, 0.2) is 0 Å². The van der Waals surface area contributed by atoms with Crippen LogP contribution >= 0.6 is 11.6 Å². The molecule has 0 aliphatic heterocycles. The predicted octanol–water partition coefficient (Wildman–Crippen LogP) is 5.50. The number of benzene rings is 3. The van der Waals surface area contributed by atoms with Gasteiger partial charge in [-0.3, -0.25) is 9.10 Å². The zero-order valence-electron chi connectivity index (χ0n) is 16.7. The number of hydrogen-bond donors (Lipinski definition) is 1. The molecule has 0 aliphatic rings. The highest BCUT2D eigenvalue weighted by Crippen LogP contribution is 2.36. The molecule has 0 saturated heterocycles. The molecule has 0 aromatic heterocycles. The summed E-state index contributed by atoms with van der Waals surface area (Å²) in [7, 11) is -4.12. The monoisotopic (exact) mass is 482 g/mol. The Balaban J connectivity index is 1.93. The van der Waals surface area contributed by atoms with Gasteiger partial charge in [0.25, 0.3) is 10.0 Å². The fourth-order valence-electron chi connectivity index (χ4n) is 2.97. The largest absolute Gasteiger partial charge is 0.417 e. The number of aryl methyl sites for hydroxylation is 1. The van der Waals surface area contributed by atoms with Crippen LogP contribution in [-0.4, -0.2) is 20.9 Å². The van der Waals surface area contributed by atoms with Gasteiger partial charge in [-0.25, -0.2) is 8.42 Å². The number of carbonyl (C=O) groups is 1. The summed E-state index contributed by atoms with van der Waals surface area (Å²) in [6, 6.07) is 17.0. The van der Waals surface area contributed by atoms with E-state index < -0.39 is 39.2 Å². The average molecular weight is 483 g/mol. The van der Waals surface area contributed by atoms with Crippen LogP contribution in [-0.2, 0) is 21.0 Å². The molecule has 5 nitrogen and oxygen atoms in total. The van der Waals surface area contributed by atoms with Crippen LogP contribution in [0.15, 0.2) is 77.7 Å². The fourth-order valence-corrected chi connectivity index (χ4v) is 4.63. The van der Waals surface area contributed by atoms with E-state index in [1.807, 2.05) is 0 Å². The molecule has 0 spiro atoms. The van der Waals surface area contributed by atoms with Gasteiger partial charge in [-0.1, -0.05) is 41.9 Å². The lowest BCUT2D eigenvalue weighted by molar-refractivity contribution is -0.137. The first kappa shape index (κ1) is 23.6. The van der Waals surface area contributed by atoms with E-state index in [9.17, 15) is 26.4 Å². The second-order valence-corrected chi connectivity index (χ2v) is 9.17. The van der Waals surface area contributed by atoms with E-state index in [1.54, 1.807) is 43.3 Å². The molecule has 3 aromatic carbocycles. The molecule has 0 bridgehead atoms. The molecule has 0 aliphatic carbocycles. The van der Waals surface area contributed by atoms with Gasteiger partial charge < -0.3 is 5.32 Å². The lowest BCUT2D eigenvalue weighted by atomic mass is 10.2. The summed E-state index contributed by atoms with van der Waals surface area (Å²) < 4.78 is 66.7. The molecular weight excluding hydrogens is 465 g/mol. The summed E-state index contributed by atoms with van der Waals surface area (Å²) in [6.45, 7) is 1.12. The van der Waals surface area contributed by atoms with Crippen LogP contribution in [0.1, 0.15) is 11.1 Å². The first-order valence-electron chi connectivity index (χ1n) is 9.29. The Morgan fingerprint density at radius 1 is 1.00 bits per heavy atom. The minimum atomic E-state index is -4.71. The van der Waals surface area contributed by atoms with Crippen molar-refractivity contribution in [3.05, 3.63) is 88.9 Å². The Bertz CT molecular complexity index is 1230. The lowest BCUT2D eigenvalue weighted by Crippen LogP contribution is -2.38. The van der Waals surface area contributed by atoms with Gasteiger partial charge >= 0.3 is 6.18 Å². The molecule has 3 rings (SSSR count). The number of carbonyl (C=O) groups excluding carboxylic acids is 1. The van der Waals surface area contributed by atoms with Crippen LogP contribution < -0.4 is 9.62 Å². The molecule has 10 heteroatoms. The van der Waals surface area contributed by atoms with E-state index in [0.29, 0.717) is 6.07 Å². The standard InChI is InChI=1S/C22H18ClF3N2O3S/c1-15-6-5-7-17(12-15)28(32(30,31)18-8-3-2-4-9-18)14-21(29)27-16-10-11-20(23)19(13-16)22(24,25)26/h2-13H,14H2,1H3,(H,27,29). The first-order chi connectivity index (χ1) is 15.0. The van der Waals surface area contributed by atoms with E-state index in [-0.39, 0.29) is 16.3 Å². The van der Waals surface area contributed by atoms with E-state index in [4.69, 9.17) is 11.6 Å². The Hall–Kier alpha value is -3.04. The number of nitrogens with zero attached hydrogens (tertiary/aromatic N) is 1. The molecule has 0 saturated carbocycles. The third-order valence-corrected chi connectivity index (χ3v) is 6.58. The molecule has 0 unspecified atom stereocenters. The number of alkyl halides is 3. The molecule has 0 heterocycles. The van der Waals surface area contributed by atoms with Crippen molar-refractivity contribution in [2.45, 2.75) is 18.0 Å². The van der Waals surface area contributed by atoms with Crippen molar-refractivity contribution in [2.75, 3.05) is 16.2 Å². The summed E-state index contributed by atoms with van der Waals surface area (Å²) >= 11 is 5.60. The van der Waals surface area contributed by atoms with Crippen molar-refractivity contribution in [1.82, 2.24) is 0 Å². The molecule has 32 heavy (non-hydrogen) atoms. The maximum atomic E-state index is 13.2. The van der Waals surface area contributed by atoms with Crippen LogP contribution in [0.4, 0.5) is 24.5 Å². The number of rotatable bonds is 6. The number of sulfonamides is 1. The molecule has 0 atom stereocenters. The third-order valence-electron chi connectivity index (χ3n) is 4.46. The maximum Gasteiger partial charge on any atom is 0.417 e. The van der Waals surface area contributed by atoms with Gasteiger partial charge in [0.1, 0.15) is 6.54 Å². The Morgan fingerprint density at radius 3 is 2.31 bits per heavy atom. The van der Waals surface area contributed by atoms with Gasteiger partial charge in [-0.2, -0.15) is 13.2 Å². The van der Waals surface area contributed by atoms with Crippen LogP contribution in [0, 0.1) is 6.92 Å². The summed E-state index contributed by atoms with van der Waals surface area (Å²) in [6.07, 6.45) is -4.71. The minimum absolute atomic E-state index is 0.0276. The second-order valence-electron chi connectivity index (χ2n) is 6.90. The van der Waals surface area contributed by atoms with Crippen LogP contribution in [0.2, 0.25) is 5.02 Å². The van der Waals surface area contributed by atoms with Crippen molar-refractivity contribution in [2.24, 2.45) is 0 Å². The van der Waals surface area contributed by atoms with E-state index >= 15 is 0 Å². The highest BCUT2D eigenvalue weighted by Gasteiger charge is 2.33. The van der Waals surface area contributed by atoms with Gasteiger partial charge in [-0.15, -0.1) is 0 Å². The van der Waals surface area contributed by atoms with Gasteiger partial charge in [0, 0.05) is 5.69 Å². The third kappa shape index (κ3) is 5.41. The molecule has 168 valence electrons. The molecular formula is C22H18ClF3N2O3S. The molecule has 3 aromatic rings. The zero-order valence-corrected chi connectivity index (χ0v) is 18.3. The average Bonchev–Trinajstić information content (AvgIpc) is 2.73. The summed E-state index contributed by atoms with van der Waals surface area (Å²) in [5.74, 6) is -0.818. The van der Waals surface area contributed by atoms with Gasteiger partial charge in [0.2, 0.25) is 5.91 Å². The van der Waals surface area contributed by atoms with Crippen molar-refractivity contribution in [3.8, 4) is 0 Å². The highest BCUT2D eigenvalue weighted by atomic mass is 35.5. The Kier molecular flexibility index (Phi) is 6.80. The quantitative estimate of drug-likeness (QED) is 0.504. The Morgan fingerprint density at radius 2 is 1.69 bits per heavy atom. The molecule has 0 radical (unpaired) electrons. The lowest BCUT2D eigenvalue weighted by Gasteiger charge is -2.24. The second kappa shape index (κ2) is 9.22. The molecule has 1 amide bonds. The van der Waals surface area contributed by atoms with E-state index in [1.165, 1.54) is 24.3 Å². The van der Waals surface area contributed by atoms with Gasteiger partial charge in [-0.05, 0) is 55.0 Å². The number of hydrogen-bond acceptors (Lipinski definition) is 3.